The first-order chi connectivity index (χ1) is 9.75. The third-order valence-corrected chi connectivity index (χ3v) is 3.34. The molecular formula is C14H11ClF3NO2. The molecule has 0 radical (unpaired) electrons. The number of hydrogen-bond donors (Lipinski definition) is 1. The summed E-state index contributed by atoms with van der Waals surface area (Å²) in [7, 11) is 1.21. The Kier molecular flexibility index (Phi) is 4.00. The van der Waals surface area contributed by atoms with E-state index in [4.69, 9.17) is 11.6 Å². The van der Waals surface area contributed by atoms with Gasteiger partial charge in [-0.2, -0.15) is 13.2 Å². The van der Waals surface area contributed by atoms with Gasteiger partial charge in [-0.1, -0.05) is 17.7 Å². The number of benzene rings is 1. The number of alkyl halides is 3. The summed E-state index contributed by atoms with van der Waals surface area (Å²) in [6.45, 7) is 1.55. The summed E-state index contributed by atoms with van der Waals surface area (Å²) in [6.07, 6.45) is -3.23. The largest absolute Gasteiger partial charge is 0.465 e. The zero-order valence-electron chi connectivity index (χ0n) is 11.1. The van der Waals surface area contributed by atoms with E-state index in [0.29, 0.717) is 5.56 Å². The maximum Gasteiger partial charge on any atom is 0.417 e. The van der Waals surface area contributed by atoms with Crippen LogP contribution < -0.4 is 0 Å². The molecule has 1 aromatic heterocycles. The molecule has 2 rings (SSSR count). The number of carbonyl (C=O) groups is 1. The van der Waals surface area contributed by atoms with E-state index in [0.717, 1.165) is 6.07 Å². The Morgan fingerprint density at radius 1 is 1.33 bits per heavy atom. The zero-order valence-corrected chi connectivity index (χ0v) is 11.9. The average molecular weight is 318 g/mol. The monoisotopic (exact) mass is 317 g/mol. The first-order valence-electron chi connectivity index (χ1n) is 5.89. The molecule has 1 aromatic carbocycles. The number of hydrogen-bond acceptors (Lipinski definition) is 2. The van der Waals surface area contributed by atoms with E-state index in [2.05, 4.69) is 9.72 Å². The lowest BCUT2D eigenvalue weighted by atomic mass is 10.0. The van der Waals surface area contributed by atoms with Gasteiger partial charge in [0.1, 0.15) is 0 Å². The van der Waals surface area contributed by atoms with Crippen LogP contribution in [0.2, 0.25) is 5.02 Å². The summed E-state index contributed by atoms with van der Waals surface area (Å²) in [5.74, 6) is -0.613. The van der Waals surface area contributed by atoms with E-state index < -0.39 is 17.7 Å². The summed E-state index contributed by atoms with van der Waals surface area (Å²) in [5, 5.41) is -0.0107. The van der Waals surface area contributed by atoms with E-state index in [1.807, 2.05) is 0 Å². The van der Waals surface area contributed by atoms with Crippen molar-refractivity contribution in [1.82, 2.24) is 4.98 Å². The Balaban J connectivity index is 2.63. The maximum absolute atomic E-state index is 13.1. The number of rotatable bonds is 2. The third-order valence-electron chi connectivity index (χ3n) is 3.10. The van der Waals surface area contributed by atoms with Crippen LogP contribution in [0, 0.1) is 6.92 Å². The van der Waals surface area contributed by atoms with Crippen LogP contribution in [0.5, 0.6) is 0 Å². The maximum atomic E-state index is 13.1. The molecule has 0 aliphatic carbocycles. The number of halogens is 4. The SMILES string of the molecule is COC(=O)c1c[nH]c(-c2ccc(Cl)cc2C(F)(F)F)c1C. The van der Waals surface area contributed by atoms with Crippen molar-refractivity contribution in [2.45, 2.75) is 13.1 Å². The molecule has 0 atom stereocenters. The quantitative estimate of drug-likeness (QED) is 0.831. The highest BCUT2D eigenvalue weighted by Gasteiger charge is 2.35. The van der Waals surface area contributed by atoms with E-state index in [1.165, 1.54) is 25.4 Å². The van der Waals surface area contributed by atoms with E-state index >= 15 is 0 Å². The highest BCUT2D eigenvalue weighted by atomic mass is 35.5. The second kappa shape index (κ2) is 5.44. The Hall–Kier alpha value is -1.95. The van der Waals surface area contributed by atoms with E-state index in [1.54, 1.807) is 6.92 Å². The Bertz CT molecular complexity index is 692. The number of nitrogens with one attached hydrogen (secondary N) is 1. The number of esters is 1. The molecular weight excluding hydrogens is 307 g/mol. The second-order valence-corrected chi connectivity index (χ2v) is 4.82. The van der Waals surface area contributed by atoms with Gasteiger partial charge in [0, 0.05) is 22.5 Å². The van der Waals surface area contributed by atoms with Gasteiger partial charge in [0.25, 0.3) is 0 Å². The van der Waals surface area contributed by atoms with Crippen molar-refractivity contribution in [2.24, 2.45) is 0 Å². The number of aromatic nitrogens is 1. The molecule has 3 nitrogen and oxygen atoms in total. The molecule has 0 aliphatic heterocycles. The number of H-pyrrole nitrogens is 1. The smallest absolute Gasteiger partial charge is 0.417 e. The molecule has 1 heterocycles. The minimum Gasteiger partial charge on any atom is -0.465 e. The molecule has 7 heteroatoms. The van der Waals surface area contributed by atoms with Crippen molar-refractivity contribution < 1.29 is 22.7 Å². The van der Waals surface area contributed by atoms with Crippen molar-refractivity contribution in [3.05, 3.63) is 46.1 Å². The number of methoxy groups -OCH3 is 1. The standard InChI is InChI=1S/C14H11ClF3NO2/c1-7-10(13(20)21-2)6-19-12(7)9-4-3-8(15)5-11(9)14(16,17)18/h3-6,19H,1-2H3. The molecule has 0 bridgehead atoms. The first kappa shape index (κ1) is 15.4. The minimum absolute atomic E-state index is 0.0107. The Labute approximate surface area is 123 Å². The van der Waals surface area contributed by atoms with E-state index in [9.17, 15) is 18.0 Å². The van der Waals surface area contributed by atoms with Gasteiger partial charge in [-0.15, -0.1) is 0 Å². The van der Waals surface area contributed by atoms with Crippen LogP contribution in [0.1, 0.15) is 21.5 Å². The number of aromatic amines is 1. The molecule has 2 aromatic rings. The average Bonchev–Trinajstić information content (AvgIpc) is 2.79. The predicted molar refractivity (Wildman–Crippen MR) is 72.3 cm³/mol. The van der Waals surface area contributed by atoms with Crippen LogP contribution >= 0.6 is 11.6 Å². The van der Waals surface area contributed by atoms with Gasteiger partial charge < -0.3 is 9.72 Å². The van der Waals surface area contributed by atoms with Crippen LogP contribution in [0.4, 0.5) is 13.2 Å². The predicted octanol–water partition coefficient (Wildman–Crippen LogP) is 4.45. The minimum atomic E-state index is -4.55. The van der Waals surface area contributed by atoms with E-state index in [-0.39, 0.29) is 21.8 Å². The second-order valence-electron chi connectivity index (χ2n) is 4.38. The molecule has 21 heavy (non-hydrogen) atoms. The molecule has 1 N–H and O–H groups in total. The molecule has 0 aliphatic rings. The first-order valence-corrected chi connectivity index (χ1v) is 6.27. The van der Waals surface area contributed by atoms with Crippen molar-refractivity contribution in [2.75, 3.05) is 7.11 Å². The van der Waals surface area contributed by atoms with Gasteiger partial charge >= 0.3 is 12.1 Å². The summed E-state index contributed by atoms with van der Waals surface area (Å²) in [4.78, 5) is 14.2. The van der Waals surface area contributed by atoms with Crippen LogP contribution in [0.15, 0.2) is 24.4 Å². The fraction of sp³-hybridized carbons (Fsp3) is 0.214. The lowest BCUT2D eigenvalue weighted by Gasteiger charge is -2.13. The molecule has 0 amide bonds. The van der Waals surface area contributed by atoms with Crippen LogP contribution in [-0.2, 0) is 10.9 Å². The van der Waals surface area contributed by atoms with Crippen molar-refractivity contribution in [1.29, 1.82) is 0 Å². The highest BCUT2D eigenvalue weighted by Crippen LogP contribution is 2.39. The van der Waals surface area contributed by atoms with Crippen molar-refractivity contribution >= 4 is 17.6 Å². The van der Waals surface area contributed by atoms with Gasteiger partial charge in [0.05, 0.1) is 18.2 Å². The lowest BCUT2D eigenvalue weighted by Crippen LogP contribution is -2.08. The molecule has 0 saturated carbocycles. The molecule has 0 spiro atoms. The van der Waals surface area contributed by atoms with Gasteiger partial charge in [-0.05, 0) is 24.6 Å². The third kappa shape index (κ3) is 2.90. The summed E-state index contributed by atoms with van der Waals surface area (Å²) in [5.41, 5.74) is -0.152. The lowest BCUT2D eigenvalue weighted by molar-refractivity contribution is -0.137. The normalized spacial score (nSPS) is 11.5. The molecule has 0 fully saturated rings. The number of carbonyl (C=O) groups excluding carboxylic acids is 1. The van der Waals surface area contributed by atoms with Crippen LogP contribution in [-0.4, -0.2) is 18.1 Å². The summed E-state index contributed by atoms with van der Waals surface area (Å²) >= 11 is 5.64. The molecule has 0 unspecified atom stereocenters. The summed E-state index contributed by atoms with van der Waals surface area (Å²) < 4.78 is 43.9. The number of ether oxygens (including phenoxy) is 1. The Morgan fingerprint density at radius 3 is 2.57 bits per heavy atom. The summed E-state index contributed by atoms with van der Waals surface area (Å²) in [6, 6.07) is 3.49. The van der Waals surface area contributed by atoms with Crippen LogP contribution in [0.25, 0.3) is 11.3 Å². The fourth-order valence-corrected chi connectivity index (χ4v) is 2.24. The van der Waals surface area contributed by atoms with Crippen molar-refractivity contribution in [3.8, 4) is 11.3 Å². The molecule has 0 saturated heterocycles. The fourth-order valence-electron chi connectivity index (χ4n) is 2.07. The highest BCUT2D eigenvalue weighted by molar-refractivity contribution is 6.30. The van der Waals surface area contributed by atoms with Gasteiger partial charge in [-0.3, -0.25) is 0 Å². The van der Waals surface area contributed by atoms with Crippen LogP contribution in [0.3, 0.4) is 0 Å². The topological polar surface area (TPSA) is 42.1 Å². The molecule has 112 valence electrons. The van der Waals surface area contributed by atoms with Gasteiger partial charge in [0.15, 0.2) is 0 Å². The zero-order chi connectivity index (χ0) is 15.8. The van der Waals surface area contributed by atoms with Crippen molar-refractivity contribution in [3.63, 3.8) is 0 Å². The van der Waals surface area contributed by atoms with Gasteiger partial charge in [-0.25, -0.2) is 4.79 Å². The Morgan fingerprint density at radius 2 is 2.00 bits per heavy atom. The van der Waals surface area contributed by atoms with Gasteiger partial charge in [0.2, 0.25) is 0 Å².